The number of nitrogens with zero attached hydrogens (tertiary/aromatic N) is 2. The van der Waals surface area contributed by atoms with E-state index in [1.54, 1.807) is 0 Å². The van der Waals surface area contributed by atoms with Gasteiger partial charge in [0.1, 0.15) is 0 Å². The molecule has 2 nitrogen and oxygen atoms in total. The van der Waals surface area contributed by atoms with Crippen LogP contribution in [0.1, 0.15) is 403 Å². The highest BCUT2D eigenvalue weighted by Gasteiger charge is 2.56. The van der Waals surface area contributed by atoms with Crippen LogP contribution in [-0.2, 0) is 0 Å². The molecule has 0 aliphatic heterocycles. The zero-order valence-corrected chi connectivity index (χ0v) is 69.3. The minimum atomic E-state index is 0.756. The van der Waals surface area contributed by atoms with Gasteiger partial charge in [-0.15, -0.1) is 0 Å². The van der Waals surface area contributed by atoms with Gasteiger partial charge in [-0.2, -0.15) is 0 Å². The Morgan fingerprint density at radius 1 is 0.186 bits per heavy atom. The van der Waals surface area contributed by atoms with E-state index in [0.717, 1.165) is 178 Å². The number of fused-ring (bicyclic) bond motifs is 1. The van der Waals surface area contributed by atoms with Gasteiger partial charge in [0.2, 0.25) is 0 Å². The van der Waals surface area contributed by atoms with Gasteiger partial charge in [0.05, 0.1) is 0 Å². The van der Waals surface area contributed by atoms with Gasteiger partial charge in [0.15, 0.2) is 0 Å². The van der Waals surface area contributed by atoms with Crippen molar-refractivity contribution in [2.24, 2.45) is 142 Å². The molecule has 0 bridgehead atoms. The zero-order chi connectivity index (χ0) is 70.4. The Kier molecular flexibility index (Phi) is 28.0. The van der Waals surface area contributed by atoms with E-state index in [9.17, 15) is 0 Å². The molecule has 102 heavy (non-hydrogen) atoms. The minimum absolute atomic E-state index is 0.756. The summed E-state index contributed by atoms with van der Waals surface area (Å²) in [6, 6.07) is 4.66. The van der Waals surface area contributed by atoms with Gasteiger partial charge >= 0.3 is 0 Å². The fraction of sp³-hybridized carbons (Fsp3) is 0.920. The highest BCUT2D eigenvalue weighted by molar-refractivity contribution is 5.21. The van der Waals surface area contributed by atoms with Crippen molar-refractivity contribution >= 4 is 0 Å². The van der Waals surface area contributed by atoms with Gasteiger partial charge in [0.25, 0.3) is 0 Å². The van der Waals surface area contributed by atoms with E-state index >= 15 is 0 Å². The molecular formula is C100H168N2. The molecule has 0 amide bonds. The molecule has 14 aliphatic carbocycles. The van der Waals surface area contributed by atoms with Gasteiger partial charge in [0, 0.05) is 36.3 Å². The van der Waals surface area contributed by atoms with Gasteiger partial charge < -0.3 is 0 Å². The number of allylic oxidation sites excluding steroid dienone is 8. The van der Waals surface area contributed by atoms with Crippen molar-refractivity contribution in [1.29, 1.82) is 0 Å². The van der Waals surface area contributed by atoms with Crippen molar-refractivity contribution in [3.63, 3.8) is 0 Å². The summed E-state index contributed by atoms with van der Waals surface area (Å²) in [4.78, 5) is 7.15. The summed E-state index contributed by atoms with van der Waals surface area (Å²) < 4.78 is 0. The van der Waals surface area contributed by atoms with Crippen LogP contribution in [0.5, 0.6) is 0 Å². The lowest BCUT2D eigenvalue weighted by molar-refractivity contribution is -0.132. The first-order valence-electron chi connectivity index (χ1n) is 48.0. The Labute approximate surface area is 634 Å². The summed E-state index contributed by atoms with van der Waals surface area (Å²) in [5.41, 5.74) is 8.04. The van der Waals surface area contributed by atoms with Crippen LogP contribution in [-0.4, -0.2) is 46.1 Å². The van der Waals surface area contributed by atoms with Crippen LogP contribution in [0, 0.1) is 142 Å². The van der Waals surface area contributed by atoms with Crippen LogP contribution in [0.15, 0.2) is 46.6 Å². The van der Waals surface area contributed by atoms with Gasteiger partial charge in [-0.1, -0.05) is 231 Å². The largest absolute Gasteiger partial charge is 0.294 e. The zero-order valence-electron chi connectivity index (χ0n) is 69.3. The molecule has 0 aromatic heterocycles. The molecule has 0 spiro atoms. The fourth-order valence-electron chi connectivity index (χ4n) is 28.5. The van der Waals surface area contributed by atoms with Crippen molar-refractivity contribution in [1.82, 2.24) is 9.80 Å². The van der Waals surface area contributed by atoms with E-state index in [-0.39, 0.29) is 0 Å². The molecule has 14 saturated carbocycles. The van der Waals surface area contributed by atoms with Crippen LogP contribution in [0.3, 0.4) is 0 Å². The van der Waals surface area contributed by atoms with Gasteiger partial charge in [-0.3, -0.25) is 9.80 Å². The first-order valence-corrected chi connectivity index (χ1v) is 48.0. The maximum Gasteiger partial charge on any atom is 0.0161 e. The molecule has 0 heterocycles. The molecule has 14 fully saturated rings. The number of hydrogen-bond acceptors (Lipinski definition) is 2. The molecule has 6 atom stereocenters. The molecule has 2 heteroatoms. The quantitative estimate of drug-likeness (QED) is 0.126. The molecule has 578 valence electrons. The summed E-state index contributed by atoms with van der Waals surface area (Å²) in [6.45, 7) is 26.4. The molecular weight excluding hydrogens is 1230 g/mol. The van der Waals surface area contributed by atoms with Crippen LogP contribution in [0.2, 0.25) is 0 Å². The van der Waals surface area contributed by atoms with Crippen LogP contribution in [0.25, 0.3) is 0 Å². The monoisotopic (exact) mass is 1400 g/mol. The van der Waals surface area contributed by atoms with E-state index in [1.165, 1.54) is 334 Å². The number of rotatable bonds is 18. The van der Waals surface area contributed by atoms with Gasteiger partial charge in [-0.25, -0.2) is 0 Å². The van der Waals surface area contributed by atoms with E-state index in [1.807, 2.05) is 22.3 Å². The summed E-state index contributed by atoms with van der Waals surface area (Å²) >= 11 is 0. The lowest BCUT2D eigenvalue weighted by Gasteiger charge is -2.63. The summed E-state index contributed by atoms with van der Waals surface area (Å²) in [5.74, 6) is 21.1. The summed E-state index contributed by atoms with van der Waals surface area (Å²) in [6.07, 6.45) is 89.3. The van der Waals surface area contributed by atoms with Crippen LogP contribution < -0.4 is 0 Å². The van der Waals surface area contributed by atoms with E-state index in [4.69, 9.17) is 0 Å². The summed E-state index contributed by atoms with van der Waals surface area (Å²) in [5, 5.41) is 0. The standard InChI is InChI=1S/C100H168N2/c1-67-15-39-81(40-16-67)95(82-41-17-68(2)18-42-82)63-77-31-55-89(56-32-77)101(90-57-33-78(34-58-90)64-96(83-43-19-69(3)20-44-83)84-45-21-70(4)22-46-84)99-75(9)76(10)100(94-14-12-11-13-93(94)99)102(91-59-35-79(36-60-91)65-97(85-47-23-71(5)24-48-85)86-49-25-72(6)26-50-86)92-61-37-80(38-62-92)66-98(87-51-27-73(7)28-52-87)88-53-29-74(8)30-54-88/h63-94,99-100H,11-62H2,1-10H3. The Balaban J connectivity index is 0.758. The molecule has 0 aromatic carbocycles. The molecule has 0 N–H and O–H groups in total. The lowest BCUT2D eigenvalue weighted by Crippen LogP contribution is -2.67. The average molecular weight is 1400 g/mol. The molecule has 0 aromatic rings. The maximum absolute atomic E-state index is 3.58. The van der Waals surface area contributed by atoms with Crippen molar-refractivity contribution in [3.8, 4) is 0 Å². The lowest BCUT2D eigenvalue weighted by atomic mass is 9.57. The van der Waals surface area contributed by atoms with Crippen molar-refractivity contribution in [2.75, 3.05) is 0 Å². The van der Waals surface area contributed by atoms with E-state index in [2.05, 4.69) is 103 Å². The molecule has 14 rings (SSSR count). The predicted molar refractivity (Wildman–Crippen MR) is 439 cm³/mol. The summed E-state index contributed by atoms with van der Waals surface area (Å²) in [7, 11) is 0. The molecule has 0 radical (unpaired) electrons. The Bertz CT molecular complexity index is 2160. The predicted octanol–water partition coefficient (Wildman–Crippen LogP) is 29.0. The van der Waals surface area contributed by atoms with Gasteiger partial charge in [-0.05, 0) is 360 Å². The second-order valence-corrected chi connectivity index (χ2v) is 42.8. The third-order valence-corrected chi connectivity index (χ3v) is 35.6. The first-order chi connectivity index (χ1) is 49.6. The topological polar surface area (TPSA) is 6.48 Å². The molecule has 14 aliphatic rings. The van der Waals surface area contributed by atoms with Crippen LogP contribution >= 0.6 is 0 Å². The average Bonchev–Trinajstić information content (AvgIpc) is 0.732. The van der Waals surface area contributed by atoms with Crippen LogP contribution in [0.4, 0.5) is 0 Å². The molecule has 0 saturated heterocycles. The smallest absolute Gasteiger partial charge is 0.0161 e. The SMILES string of the molecule is CC1CCC(C(=CC2CCC(N(C3CCC(C=C(C4CCC(C)CC4)C4CCC(C)CC4)CC3)C3C(C)C(C)C(N(C4CCC(C=C(C5CCC(C)CC5)C5CCC(C)CC5)CC4)C4CCC(C=C(C5CCC(C)CC5)C5CCC(C)CC5)CC4)C4CCCCC43)CC2)C2CCC(C)CC2)CC1. The van der Waals surface area contributed by atoms with E-state index in [0.29, 0.717) is 0 Å². The Hall–Kier alpha value is -1.12. The molecule has 6 unspecified atom stereocenters. The third kappa shape index (κ3) is 19.2. The second kappa shape index (κ2) is 36.8. The first kappa shape index (κ1) is 77.6. The number of hydrogen-bond donors (Lipinski definition) is 0. The maximum atomic E-state index is 3.58. The normalized spacial score (nSPS) is 45.8. The Morgan fingerprint density at radius 3 is 0.500 bits per heavy atom. The van der Waals surface area contributed by atoms with Crippen molar-refractivity contribution in [2.45, 2.75) is 439 Å². The highest BCUT2D eigenvalue weighted by Crippen LogP contribution is 2.56. The van der Waals surface area contributed by atoms with Crippen molar-refractivity contribution < 1.29 is 0 Å². The Morgan fingerprint density at radius 2 is 0.343 bits per heavy atom. The second-order valence-electron chi connectivity index (χ2n) is 42.8. The van der Waals surface area contributed by atoms with E-state index < -0.39 is 0 Å². The minimum Gasteiger partial charge on any atom is -0.294 e. The third-order valence-electron chi connectivity index (χ3n) is 35.6. The fourth-order valence-corrected chi connectivity index (χ4v) is 28.5. The van der Waals surface area contributed by atoms with Crippen molar-refractivity contribution in [3.05, 3.63) is 46.6 Å². The highest BCUT2D eigenvalue weighted by atomic mass is 15.3.